The number of nitrogens with one attached hydrogen (secondary N) is 1. The Hall–Kier alpha value is -1.76. The summed E-state index contributed by atoms with van der Waals surface area (Å²) in [4.78, 5) is 11.2. The van der Waals surface area contributed by atoms with Gasteiger partial charge in [-0.05, 0) is 17.7 Å². The van der Waals surface area contributed by atoms with Gasteiger partial charge in [-0.1, -0.05) is 12.1 Å². The fraction of sp³-hybridized carbons (Fsp3) is 0.417. The minimum Gasteiger partial charge on any atom is -0.497 e. The van der Waals surface area contributed by atoms with E-state index in [2.05, 4.69) is 0 Å². The molecule has 0 spiro atoms. The van der Waals surface area contributed by atoms with E-state index in [9.17, 15) is 18.0 Å². The lowest BCUT2D eigenvalue weighted by molar-refractivity contribution is -0.145. The first-order valence-corrected chi connectivity index (χ1v) is 5.47. The van der Waals surface area contributed by atoms with E-state index in [0.717, 1.165) is 0 Å². The number of rotatable bonds is 6. The van der Waals surface area contributed by atoms with E-state index in [1.165, 1.54) is 7.11 Å². The van der Waals surface area contributed by atoms with Gasteiger partial charge in [-0.2, -0.15) is 13.2 Å². The number of hydrogen-bond donors (Lipinski definition) is 1. The van der Waals surface area contributed by atoms with Gasteiger partial charge in [0.15, 0.2) is 0 Å². The number of esters is 1. The Morgan fingerprint density at radius 1 is 1.37 bits per heavy atom. The maximum atomic E-state index is 11.8. The van der Waals surface area contributed by atoms with E-state index < -0.39 is 25.2 Å². The third-order valence-electron chi connectivity index (χ3n) is 2.13. The molecule has 0 bridgehead atoms. The number of methoxy groups -OCH3 is 1. The molecule has 106 valence electrons. The van der Waals surface area contributed by atoms with Crippen LogP contribution in [-0.2, 0) is 16.1 Å². The highest BCUT2D eigenvalue weighted by molar-refractivity contribution is 5.71. The lowest BCUT2D eigenvalue weighted by Crippen LogP contribution is -2.33. The smallest absolute Gasteiger partial charge is 0.401 e. The molecule has 0 amide bonds. The van der Waals surface area contributed by atoms with Gasteiger partial charge in [0.25, 0.3) is 0 Å². The molecule has 19 heavy (non-hydrogen) atoms. The van der Waals surface area contributed by atoms with E-state index >= 15 is 0 Å². The van der Waals surface area contributed by atoms with Crippen LogP contribution in [0, 0.1) is 0 Å². The third-order valence-corrected chi connectivity index (χ3v) is 2.13. The number of halogens is 3. The van der Waals surface area contributed by atoms with Crippen LogP contribution in [0.4, 0.5) is 13.2 Å². The Labute approximate surface area is 108 Å². The fourth-order valence-electron chi connectivity index (χ4n) is 1.28. The van der Waals surface area contributed by atoms with Gasteiger partial charge < -0.3 is 9.47 Å². The van der Waals surface area contributed by atoms with E-state index in [-0.39, 0.29) is 6.61 Å². The summed E-state index contributed by atoms with van der Waals surface area (Å²) < 4.78 is 45.2. The second-order valence-corrected chi connectivity index (χ2v) is 3.73. The molecule has 0 saturated carbocycles. The van der Waals surface area contributed by atoms with Crippen LogP contribution in [0.15, 0.2) is 24.3 Å². The zero-order valence-electron chi connectivity index (χ0n) is 10.3. The lowest BCUT2D eigenvalue weighted by Gasteiger charge is -2.09. The van der Waals surface area contributed by atoms with Gasteiger partial charge in [-0.3, -0.25) is 10.1 Å². The molecule has 1 rings (SSSR count). The number of carbonyl (C=O) groups excluding carboxylic acids is 1. The van der Waals surface area contributed by atoms with Crippen molar-refractivity contribution in [3.8, 4) is 5.75 Å². The highest BCUT2D eigenvalue weighted by Gasteiger charge is 2.26. The molecule has 1 aromatic carbocycles. The van der Waals surface area contributed by atoms with E-state index in [1.54, 1.807) is 24.3 Å². The zero-order valence-corrected chi connectivity index (χ0v) is 10.3. The molecule has 7 heteroatoms. The van der Waals surface area contributed by atoms with Crippen LogP contribution in [0.25, 0.3) is 0 Å². The van der Waals surface area contributed by atoms with E-state index in [4.69, 9.17) is 9.47 Å². The summed E-state index contributed by atoms with van der Waals surface area (Å²) in [5, 5.41) is 1.96. The Morgan fingerprint density at radius 3 is 2.74 bits per heavy atom. The SMILES string of the molecule is COc1cccc(COC(=O)CNCC(F)(F)F)c1. The molecule has 0 atom stereocenters. The molecule has 0 aliphatic heterocycles. The van der Waals surface area contributed by atoms with Gasteiger partial charge in [-0.25, -0.2) is 0 Å². The van der Waals surface area contributed by atoms with E-state index in [0.29, 0.717) is 11.3 Å². The van der Waals surface area contributed by atoms with Gasteiger partial charge in [0.05, 0.1) is 20.2 Å². The van der Waals surface area contributed by atoms with Crippen LogP contribution >= 0.6 is 0 Å². The molecule has 4 nitrogen and oxygen atoms in total. The molecule has 0 aliphatic carbocycles. The topological polar surface area (TPSA) is 47.6 Å². The normalized spacial score (nSPS) is 11.2. The molecule has 0 aliphatic rings. The van der Waals surface area contributed by atoms with Crippen LogP contribution in [0.2, 0.25) is 0 Å². The first-order valence-electron chi connectivity index (χ1n) is 5.47. The van der Waals surface area contributed by atoms with Crippen molar-refractivity contribution >= 4 is 5.97 Å². The second kappa shape index (κ2) is 6.98. The first-order chi connectivity index (χ1) is 8.90. The minimum absolute atomic E-state index is 0.0102. The largest absolute Gasteiger partial charge is 0.497 e. The molecule has 0 saturated heterocycles. The minimum atomic E-state index is -4.34. The van der Waals surface area contributed by atoms with Crippen molar-refractivity contribution in [2.24, 2.45) is 0 Å². The van der Waals surface area contributed by atoms with Crippen molar-refractivity contribution in [1.29, 1.82) is 0 Å². The van der Waals surface area contributed by atoms with Gasteiger partial charge >= 0.3 is 12.1 Å². The number of carbonyl (C=O) groups is 1. The fourth-order valence-corrected chi connectivity index (χ4v) is 1.28. The molecule has 0 unspecified atom stereocenters. The van der Waals surface area contributed by atoms with Gasteiger partial charge in [0, 0.05) is 0 Å². The van der Waals surface area contributed by atoms with Crippen LogP contribution in [0.1, 0.15) is 5.56 Å². The maximum absolute atomic E-state index is 11.8. The number of hydrogen-bond acceptors (Lipinski definition) is 4. The average molecular weight is 277 g/mol. The second-order valence-electron chi connectivity index (χ2n) is 3.73. The van der Waals surface area contributed by atoms with Crippen LogP contribution in [-0.4, -0.2) is 32.3 Å². The molecule has 1 N–H and O–H groups in total. The summed E-state index contributed by atoms with van der Waals surface area (Å²) in [7, 11) is 1.51. The summed E-state index contributed by atoms with van der Waals surface area (Å²) in [6.45, 7) is -1.71. The van der Waals surface area contributed by atoms with Crippen molar-refractivity contribution in [1.82, 2.24) is 5.32 Å². The van der Waals surface area contributed by atoms with Crippen molar-refractivity contribution in [3.63, 3.8) is 0 Å². The van der Waals surface area contributed by atoms with Gasteiger partial charge in [0.2, 0.25) is 0 Å². The number of benzene rings is 1. The van der Waals surface area contributed by atoms with Crippen molar-refractivity contribution in [2.75, 3.05) is 20.2 Å². The van der Waals surface area contributed by atoms with Crippen LogP contribution < -0.4 is 10.1 Å². The quantitative estimate of drug-likeness (QED) is 0.807. The molecule has 0 aromatic heterocycles. The van der Waals surface area contributed by atoms with Gasteiger partial charge in [0.1, 0.15) is 12.4 Å². The average Bonchev–Trinajstić information content (AvgIpc) is 2.35. The Morgan fingerprint density at radius 2 is 2.11 bits per heavy atom. The number of alkyl halides is 3. The predicted octanol–water partition coefficient (Wildman–Crippen LogP) is 1.89. The molecule has 0 fully saturated rings. The highest BCUT2D eigenvalue weighted by atomic mass is 19.4. The maximum Gasteiger partial charge on any atom is 0.401 e. The molecule has 1 aromatic rings. The van der Waals surface area contributed by atoms with Crippen molar-refractivity contribution in [3.05, 3.63) is 29.8 Å². The monoisotopic (exact) mass is 277 g/mol. The first kappa shape index (κ1) is 15.3. The highest BCUT2D eigenvalue weighted by Crippen LogP contribution is 2.13. The number of ether oxygens (including phenoxy) is 2. The Kier molecular flexibility index (Phi) is 5.62. The predicted molar refractivity (Wildman–Crippen MR) is 61.7 cm³/mol. The van der Waals surface area contributed by atoms with Crippen molar-refractivity contribution in [2.45, 2.75) is 12.8 Å². The van der Waals surface area contributed by atoms with Crippen molar-refractivity contribution < 1.29 is 27.4 Å². The summed E-state index contributed by atoms with van der Waals surface area (Å²) in [6.07, 6.45) is -4.34. The standard InChI is InChI=1S/C12H14F3NO3/c1-18-10-4-2-3-9(5-10)7-19-11(17)6-16-8-12(13,14)15/h2-5,16H,6-8H2,1H3. The lowest BCUT2D eigenvalue weighted by atomic mass is 10.2. The van der Waals surface area contributed by atoms with E-state index in [1.807, 2.05) is 5.32 Å². The third kappa shape index (κ3) is 6.66. The summed E-state index contributed by atoms with van der Waals surface area (Å²) in [6, 6.07) is 6.86. The van der Waals surface area contributed by atoms with Crippen LogP contribution in [0.3, 0.4) is 0 Å². The van der Waals surface area contributed by atoms with Gasteiger partial charge in [-0.15, -0.1) is 0 Å². The zero-order chi connectivity index (χ0) is 14.3. The molecular formula is C12H14F3NO3. The Balaban J connectivity index is 2.29. The Bertz CT molecular complexity index is 421. The summed E-state index contributed by atoms with van der Waals surface area (Å²) in [5.74, 6) is -0.129. The molecule has 0 heterocycles. The molecular weight excluding hydrogens is 263 g/mol. The van der Waals surface area contributed by atoms with Crippen LogP contribution in [0.5, 0.6) is 5.75 Å². The summed E-state index contributed by atoms with van der Waals surface area (Å²) in [5.41, 5.74) is 0.698. The molecule has 0 radical (unpaired) electrons. The summed E-state index contributed by atoms with van der Waals surface area (Å²) >= 11 is 0.